The van der Waals surface area contributed by atoms with Crippen molar-refractivity contribution in [3.8, 4) is 0 Å². The molecular weight excluding hydrogens is 252 g/mol. The minimum Gasteiger partial charge on any atom is -0.340 e. The molecule has 1 amide bonds. The van der Waals surface area contributed by atoms with E-state index in [4.69, 9.17) is 0 Å². The van der Waals surface area contributed by atoms with Crippen LogP contribution in [0.4, 0.5) is 0 Å². The van der Waals surface area contributed by atoms with Crippen molar-refractivity contribution in [2.45, 2.75) is 33.4 Å². The molecule has 1 aromatic rings. The minimum atomic E-state index is -0.582. The molecule has 0 saturated carbocycles. The van der Waals surface area contributed by atoms with E-state index < -0.39 is 5.92 Å². The van der Waals surface area contributed by atoms with Crippen molar-refractivity contribution in [2.24, 2.45) is 11.8 Å². The molecule has 0 heterocycles. The van der Waals surface area contributed by atoms with Crippen LogP contribution in [-0.2, 0) is 16.0 Å². The Morgan fingerprint density at radius 3 is 2.20 bits per heavy atom. The monoisotopic (exact) mass is 276 g/mol. The number of Topliss-reactive ketones (excluding diaryl/α,β-unsaturated/α-hetero) is 1. The van der Waals surface area contributed by atoms with Gasteiger partial charge in [-0.2, -0.15) is 0 Å². The molecule has 110 valence electrons. The lowest BCUT2D eigenvalue weighted by atomic mass is 9.91. The Labute approximate surface area is 121 Å². The van der Waals surface area contributed by atoms with Gasteiger partial charge in [0.15, 0.2) is 0 Å². The number of carbonyl (C=O) groups excluding carboxylic acids is 2. The number of likely N-dealkylation sites (N-methyl/N-ethyl adjacent to an activating group) is 1. The highest BCUT2D eigenvalue weighted by Gasteiger charge is 2.27. The largest absolute Gasteiger partial charge is 0.340 e. The van der Waals surface area contributed by atoms with Crippen molar-refractivity contribution in [1.82, 2.24) is 10.6 Å². The van der Waals surface area contributed by atoms with Gasteiger partial charge in [-0.1, -0.05) is 44.2 Å². The minimum absolute atomic E-state index is 0.00160. The van der Waals surface area contributed by atoms with Gasteiger partial charge in [0.05, 0.1) is 12.1 Å². The second kappa shape index (κ2) is 7.80. The van der Waals surface area contributed by atoms with Crippen LogP contribution in [0.25, 0.3) is 0 Å². The molecule has 4 nitrogen and oxygen atoms in total. The fourth-order valence-corrected chi connectivity index (χ4v) is 2.29. The SMILES string of the molecule is CNC(Cc1ccccc1)NC(=O)C(C(C)=O)C(C)C. The topological polar surface area (TPSA) is 58.2 Å². The molecule has 2 N–H and O–H groups in total. The molecule has 0 saturated heterocycles. The normalized spacial score (nSPS) is 13.8. The summed E-state index contributed by atoms with van der Waals surface area (Å²) in [6.07, 6.45) is 0.511. The van der Waals surface area contributed by atoms with E-state index in [1.807, 2.05) is 44.2 Å². The zero-order valence-electron chi connectivity index (χ0n) is 12.6. The maximum atomic E-state index is 12.2. The molecule has 2 unspecified atom stereocenters. The summed E-state index contributed by atoms with van der Waals surface area (Å²) >= 11 is 0. The summed E-state index contributed by atoms with van der Waals surface area (Å²) in [5.41, 5.74) is 1.14. The molecule has 0 aliphatic carbocycles. The van der Waals surface area contributed by atoms with E-state index in [0.717, 1.165) is 5.56 Å². The third kappa shape index (κ3) is 4.78. The summed E-state index contributed by atoms with van der Waals surface area (Å²) in [5, 5.41) is 5.98. The van der Waals surface area contributed by atoms with Gasteiger partial charge < -0.3 is 10.6 Å². The van der Waals surface area contributed by atoms with Crippen molar-refractivity contribution in [1.29, 1.82) is 0 Å². The van der Waals surface area contributed by atoms with Gasteiger partial charge in [0.25, 0.3) is 0 Å². The zero-order chi connectivity index (χ0) is 15.1. The number of amides is 1. The molecule has 0 aromatic heterocycles. The molecule has 20 heavy (non-hydrogen) atoms. The Kier molecular flexibility index (Phi) is 6.39. The summed E-state index contributed by atoms with van der Waals surface area (Å²) in [5.74, 6) is -0.877. The van der Waals surface area contributed by atoms with Crippen LogP contribution >= 0.6 is 0 Å². The number of carbonyl (C=O) groups is 2. The van der Waals surface area contributed by atoms with Crippen molar-refractivity contribution < 1.29 is 9.59 Å². The van der Waals surface area contributed by atoms with Crippen molar-refractivity contribution >= 4 is 11.7 Å². The molecule has 2 atom stereocenters. The highest BCUT2D eigenvalue weighted by molar-refractivity contribution is 6.00. The van der Waals surface area contributed by atoms with Gasteiger partial charge in [0.2, 0.25) is 5.91 Å². The second-order valence-electron chi connectivity index (χ2n) is 5.37. The molecule has 4 heteroatoms. The Morgan fingerprint density at radius 1 is 1.15 bits per heavy atom. The number of hydrogen-bond donors (Lipinski definition) is 2. The third-order valence-electron chi connectivity index (χ3n) is 3.33. The van der Waals surface area contributed by atoms with Crippen LogP contribution < -0.4 is 10.6 Å². The van der Waals surface area contributed by atoms with Gasteiger partial charge in [-0.05, 0) is 25.5 Å². The third-order valence-corrected chi connectivity index (χ3v) is 3.33. The number of nitrogens with one attached hydrogen (secondary N) is 2. The predicted octanol–water partition coefficient (Wildman–Crippen LogP) is 1.75. The maximum absolute atomic E-state index is 12.2. The first-order valence-corrected chi connectivity index (χ1v) is 6.97. The van der Waals surface area contributed by atoms with E-state index in [-0.39, 0.29) is 23.8 Å². The van der Waals surface area contributed by atoms with Crippen LogP contribution in [-0.4, -0.2) is 24.9 Å². The van der Waals surface area contributed by atoms with Gasteiger partial charge in [-0.25, -0.2) is 0 Å². The number of ketones is 1. The smallest absolute Gasteiger partial charge is 0.232 e. The lowest BCUT2D eigenvalue weighted by Crippen LogP contribution is -2.49. The Bertz CT molecular complexity index is 443. The van der Waals surface area contributed by atoms with E-state index in [2.05, 4.69) is 10.6 Å². The van der Waals surface area contributed by atoms with Gasteiger partial charge in [-0.15, -0.1) is 0 Å². The Morgan fingerprint density at radius 2 is 1.75 bits per heavy atom. The van der Waals surface area contributed by atoms with Crippen LogP contribution in [0.1, 0.15) is 26.3 Å². The van der Waals surface area contributed by atoms with Crippen LogP contribution in [0.15, 0.2) is 30.3 Å². The summed E-state index contributed by atoms with van der Waals surface area (Å²) < 4.78 is 0. The van der Waals surface area contributed by atoms with Crippen molar-refractivity contribution in [3.05, 3.63) is 35.9 Å². The van der Waals surface area contributed by atoms with Crippen LogP contribution in [0.3, 0.4) is 0 Å². The number of hydrogen-bond acceptors (Lipinski definition) is 3. The molecule has 1 aromatic carbocycles. The lowest BCUT2D eigenvalue weighted by Gasteiger charge is -2.23. The van der Waals surface area contributed by atoms with Gasteiger partial charge in [0, 0.05) is 6.42 Å². The van der Waals surface area contributed by atoms with E-state index in [1.165, 1.54) is 6.92 Å². The lowest BCUT2D eigenvalue weighted by molar-refractivity contribution is -0.135. The van der Waals surface area contributed by atoms with Gasteiger partial charge >= 0.3 is 0 Å². The van der Waals surface area contributed by atoms with E-state index in [1.54, 1.807) is 7.05 Å². The van der Waals surface area contributed by atoms with E-state index in [0.29, 0.717) is 6.42 Å². The number of rotatable bonds is 7. The first-order valence-electron chi connectivity index (χ1n) is 6.97. The Balaban J connectivity index is 2.68. The summed E-state index contributed by atoms with van der Waals surface area (Å²) in [7, 11) is 1.80. The molecule has 1 rings (SSSR count). The molecule has 0 aliphatic rings. The average Bonchev–Trinajstić information content (AvgIpc) is 2.38. The van der Waals surface area contributed by atoms with Crippen LogP contribution in [0.5, 0.6) is 0 Å². The summed E-state index contributed by atoms with van der Waals surface area (Å²) in [6.45, 7) is 5.24. The molecule has 0 fully saturated rings. The fourth-order valence-electron chi connectivity index (χ4n) is 2.29. The number of benzene rings is 1. The Hall–Kier alpha value is -1.68. The van der Waals surface area contributed by atoms with Gasteiger partial charge in [-0.3, -0.25) is 9.59 Å². The van der Waals surface area contributed by atoms with Crippen molar-refractivity contribution in [3.63, 3.8) is 0 Å². The predicted molar refractivity (Wildman–Crippen MR) is 80.1 cm³/mol. The maximum Gasteiger partial charge on any atom is 0.232 e. The highest BCUT2D eigenvalue weighted by Crippen LogP contribution is 2.12. The molecule has 0 aliphatic heterocycles. The van der Waals surface area contributed by atoms with Crippen LogP contribution in [0.2, 0.25) is 0 Å². The van der Waals surface area contributed by atoms with Gasteiger partial charge in [0.1, 0.15) is 5.78 Å². The van der Waals surface area contributed by atoms with E-state index in [9.17, 15) is 9.59 Å². The molecule has 0 radical (unpaired) electrons. The van der Waals surface area contributed by atoms with E-state index >= 15 is 0 Å². The summed E-state index contributed by atoms with van der Waals surface area (Å²) in [4.78, 5) is 23.8. The molecule has 0 spiro atoms. The quantitative estimate of drug-likeness (QED) is 0.589. The fraction of sp³-hybridized carbons (Fsp3) is 0.500. The first kappa shape index (κ1) is 16.4. The standard InChI is InChI=1S/C16H24N2O2/c1-11(2)15(12(3)19)16(20)18-14(17-4)10-13-8-6-5-7-9-13/h5-9,11,14-15,17H,10H2,1-4H3,(H,18,20). The zero-order valence-corrected chi connectivity index (χ0v) is 12.6. The molecule has 0 bridgehead atoms. The van der Waals surface area contributed by atoms with Crippen LogP contribution in [0, 0.1) is 11.8 Å². The molecular formula is C16H24N2O2. The highest BCUT2D eigenvalue weighted by atomic mass is 16.2. The average molecular weight is 276 g/mol. The van der Waals surface area contributed by atoms with Crippen molar-refractivity contribution in [2.75, 3.05) is 7.05 Å². The first-order chi connectivity index (χ1) is 9.45. The second-order valence-corrected chi connectivity index (χ2v) is 5.37. The summed E-state index contributed by atoms with van der Waals surface area (Å²) in [6, 6.07) is 9.93.